The van der Waals surface area contributed by atoms with Gasteiger partial charge in [0.25, 0.3) is 0 Å². The maximum atomic E-state index is 12.8. The van der Waals surface area contributed by atoms with Crippen LogP contribution in [0.1, 0.15) is 0 Å². The molecule has 1 N–H and O–H groups in total. The van der Waals surface area contributed by atoms with Crippen molar-refractivity contribution in [1.82, 2.24) is 0 Å². The average molecular weight is 247 g/mol. The largest absolute Gasteiger partial charge is 0.497 e. The van der Waals surface area contributed by atoms with E-state index in [0.717, 1.165) is 17.1 Å². The SMILES string of the molecule is COc1ccc(Nc2ccc(F)cc2)c(OC)c1. The Hall–Kier alpha value is -2.23. The van der Waals surface area contributed by atoms with Crippen LogP contribution in [0.15, 0.2) is 42.5 Å². The lowest BCUT2D eigenvalue weighted by molar-refractivity contribution is 0.395. The quantitative estimate of drug-likeness (QED) is 0.895. The van der Waals surface area contributed by atoms with E-state index in [9.17, 15) is 4.39 Å². The van der Waals surface area contributed by atoms with Gasteiger partial charge in [0.15, 0.2) is 0 Å². The Bertz CT molecular complexity index is 526. The third-order valence-electron chi connectivity index (χ3n) is 2.53. The van der Waals surface area contributed by atoms with E-state index in [4.69, 9.17) is 9.47 Å². The van der Waals surface area contributed by atoms with Gasteiger partial charge in [0.2, 0.25) is 0 Å². The van der Waals surface area contributed by atoms with Crippen LogP contribution in [0, 0.1) is 5.82 Å². The predicted molar refractivity (Wildman–Crippen MR) is 69.2 cm³/mol. The minimum absolute atomic E-state index is 0.262. The first-order chi connectivity index (χ1) is 8.72. The van der Waals surface area contributed by atoms with Crippen LogP contribution in [0.5, 0.6) is 11.5 Å². The molecule has 0 saturated heterocycles. The van der Waals surface area contributed by atoms with Crippen LogP contribution in [-0.4, -0.2) is 14.2 Å². The molecule has 0 saturated carbocycles. The first-order valence-corrected chi connectivity index (χ1v) is 5.47. The van der Waals surface area contributed by atoms with Gasteiger partial charge < -0.3 is 14.8 Å². The maximum absolute atomic E-state index is 12.8. The summed E-state index contributed by atoms with van der Waals surface area (Å²) in [4.78, 5) is 0. The molecule has 2 aromatic rings. The van der Waals surface area contributed by atoms with Crippen LogP contribution >= 0.6 is 0 Å². The average Bonchev–Trinajstić information content (AvgIpc) is 2.41. The molecule has 0 radical (unpaired) electrons. The number of halogens is 1. The number of nitrogens with one attached hydrogen (secondary N) is 1. The number of rotatable bonds is 4. The highest BCUT2D eigenvalue weighted by Gasteiger charge is 2.05. The topological polar surface area (TPSA) is 30.5 Å². The first kappa shape index (κ1) is 12.2. The van der Waals surface area contributed by atoms with Gasteiger partial charge in [-0.15, -0.1) is 0 Å². The molecule has 2 aromatic carbocycles. The summed E-state index contributed by atoms with van der Waals surface area (Å²) in [5, 5.41) is 3.15. The third-order valence-corrected chi connectivity index (χ3v) is 2.53. The highest BCUT2D eigenvalue weighted by Crippen LogP contribution is 2.31. The minimum atomic E-state index is -0.262. The molecule has 0 fully saturated rings. The van der Waals surface area contributed by atoms with E-state index in [-0.39, 0.29) is 5.82 Å². The monoisotopic (exact) mass is 247 g/mol. The van der Waals surface area contributed by atoms with E-state index >= 15 is 0 Å². The lowest BCUT2D eigenvalue weighted by Crippen LogP contribution is -1.95. The number of ether oxygens (including phenoxy) is 2. The number of methoxy groups -OCH3 is 2. The predicted octanol–water partition coefficient (Wildman–Crippen LogP) is 3.59. The number of hydrogen-bond donors (Lipinski definition) is 1. The fourth-order valence-electron chi connectivity index (χ4n) is 1.59. The summed E-state index contributed by atoms with van der Waals surface area (Å²) in [7, 11) is 3.19. The fourth-order valence-corrected chi connectivity index (χ4v) is 1.59. The number of anilines is 2. The van der Waals surface area contributed by atoms with E-state index in [1.165, 1.54) is 12.1 Å². The summed E-state index contributed by atoms with van der Waals surface area (Å²) in [5.74, 6) is 1.12. The van der Waals surface area contributed by atoms with Gasteiger partial charge in [0, 0.05) is 11.8 Å². The molecule has 0 aliphatic carbocycles. The van der Waals surface area contributed by atoms with Crippen LogP contribution in [0.3, 0.4) is 0 Å². The highest BCUT2D eigenvalue weighted by molar-refractivity contribution is 5.67. The molecule has 0 amide bonds. The molecule has 0 unspecified atom stereocenters. The molecule has 0 aromatic heterocycles. The number of hydrogen-bond acceptors (Lipinski definition) is 3. The van der Waals surface area contributed by atoms with E-state index < -0.39 is 0 Å². The van der Waals surface area contributed by atoms with Crippen molar-refractivity contribution in [2.45, 2.75) is 0 Å². The zero-order chi connectivity index (χ0) is 13.0. The van der Waals surface area contributed by atoms with Gasteiger partial charge in [-0.3, -0.25) is 0 Å². The molecule has 0 bridgehead atoms. The lowest BCUT2D eigenvalue weighted by atomic mass is 10.2. The number of benzene rings is 2. The van der Waals surface area contributed by atoms with Crippen molar-refractivity contribution < 1.29 is 13.9 Å². The highest BCUT2D eigenvalue weighted by atomic mass is 19.1. The summed E-state index contributed by atoms with van der Waals surface area (Å²) in [6.07, 6.45) is 0. The second-order valence-corrected chi connectivity index (χ2v) is 3.70. The van der Waals surface area contributed by atoms with E-state index in [0.29, 0.717) is 5.75 Å². The molecule has 4 heteroatoms. The van der Waals surface area contributed by atoms with E-state index in [1.807, 2.05) is 12.1 Å². The Morgan fingerprint density at radius 3 is 2.28 bits per heavy atom. The second kappa shape index (κ2) is 5.40. The van der Waals surface area contributed by atoms with Crippen molar-refractivity contribution in [2.75, 3.05) is 19.5 Å². The Kier molecular flexibility index (Phi) is 3.67. The summed E-state index contributed by atoms with van der Waals surface area (Å²) in [6, 6.07) is 11.6. The minimum Gasteiger partial charge on any atom is -0.497 e. The van der Waals surface area contributed by atoms with Gasteiger partial charge in [-0.2, -0.15) is 0 Å². The second-order valence-electron chi connectivity index (χ2n) is 3.70. The molecule has 0 spiro atoms. The fraction of sp³-hybridized carbons (Fsp3) is 0.143. The van der Waals surface area contributed by atoms with Crippen LogP contribution < -0.4 is 14.8 Å². The normalized spacial score (nSPS) is 9.94. The van der Waals surface area contributed by atoms with Gasteiger partial charge in [-0.05, 0) is 36.4 Å². The molecular weight excluding hydrogens is 233 g/mol. The third kappa shape index (κ3) is 2.71. The van der Waals surface area contributed by atoms with Crippen molar-refractivity contribution in [3.63, 3.8) is 0 Å². The summed E-state index contributed by atoms with van der Waals surface area (Å²) < 4.78 is 23.2. The molecule has 3 nitrogen and oxygen atoms in total. The molecule has 0 heterocycles. The first-order valence-electron chi connectivity index (χ1n) is 5.47. The zero-order valence-corrected chi connectivity index (χ0v) is 10.2. The van der Waals surface area contributed by atoms with Crippen LogP contribution in [0.4, 0.5) is 15.8 Å². The van der Waals surface area contributed by atoms with Crippen LogP contribution in [0.25, 0.3) is 0 Å². The Balaban J connectivity index is 2.25. The van der Waals surface area contributed by atoms with E-state index in [2.05, 4.69) is 5.32 Å². The van der Waals surface area contributed by atoms with Gasteiger partial charge in [-0.1, -0.05) is 0 Å². The van der Waals surface area contributed by atoms with Gasteiger partial charge >= 0.3 is 0 Å². The van der Waals surface area contributed by atoms with Crippen molar-refractivity contribution in [3.05, 3.63) is 48.3 Å². The van der Waals surface area contributed by atoms with Crippen LogP contribution in [-0.2, 0) is 0 Å². The molecule has 0 aliphatic rings. The smallest absolute Gasteiger partial charge is 0.145 e. The summed E-state index contributed by atoms with van der Waals surface area (Å²) in [6.45, 7) is 0. The molecule has 0 atom stereocenters. The molecule has 0 aliphatic heterocycles. The lowest BCUT2D eigenvalue weighted by Gasteiger charge is -2.12. The van der Waals surface area contributed by atoms with Crippen molar-refractivity contribution in [1.29, 1.82) is 0 Å². The van der Waals surface area contributed by atoms with Crippen molar-refractivity contribution >= 4 is 11.4 Å². The van der Waals surface area contributed by atoms with Crippen LogP contribution in [0.2, 0.25) is 0 Å². The van der Waals surface area contributed by atoms with Gasteiger partial charge in [0.05, 0.1) is 19.9 Å². The molecule has 18 heavy (non-hydrogen) atoms. The summed E-state index contributed by atoms with van der Waals surface area (Å²) in [5.41, 5.74) is 1.59. The van der Waals surface area contributed by atoms with Gasteiger partial charge in [0.1, 0.15) is 17.3 Å². The zero-order valence-electron chi connectivity index (χ0n) is 10.2. The Morgan fingerprint density at radius 1 is 0.944 bits per heavy atom. The standard InChI is InChI=1S/C14H14FNO2/c1-17-12-7-8-13(14(9-12)18-2)16-11-5-3-10(15)4-6-11/h3-9,16H,1-2H3. The summed E-state index contributed by atoms with van der Waals surface area (Å²) >= 11 is 0. The van der Waals surface area contributed by atoms with Gasteiger partial charge in [-0.25, -0.2) is 4.39 Å². The maximum Gasteiger partial charge on any atom is 0.145 e. The van der Waals surface area contributed by atoms with Crippen molar-refractivity contribution in [2.24, 2.45) is 0 Å². The Morgan fingerprint density at radius 2 is 1.67 bits per heavy atom. The molecular formula is C14H14FNO2. The molecule has 94 valence electrons. The Labute approximate surface area is 105 Å². The van der Waals surface area contributed by atoms with Crippen molar-refractivity contribution in [3.8, 4) is 11.5 Å². The van der Waals surface area contributed by atoms with E-state index in [1.54, 1.807) is 32.4 Å². The molecule has 2 rings (SSSR count).